The second-order valence-electron chi connectivity index (χ2n) is 6.59. The van der Waals surface area contributed by atoms with Gasteiger partial charge in [-0.3, -0.25) is 0 Å². The number of likely N-dealkylation sites (N-methyl/N-ethyl adjacent to an activating group) is 1. The number of methoxy groups -OCH3 is 2. The number of nitrogens with zero attached hydrogens (tertiary/aromatic N) is 1. The molecule has 1 unspecified atom stereocenters. The summed E-state index contributed by atoms with van der Waals surface area (Å²) in [5.74, 6) is 1.39. The quantitative estimate of drug-likeness (QED) is 0.751. The van der Waals surface area contributed by atoms with Crippen molar-refractivity contribution >= 4 is 0 Å². The van der Waals surface area contributed by atoms with E-state index in [0.29, 0.717) is 37.3 Å². The minimum Gasteiger partial charge on any atom is -0.493 e. The van der Waals surface area contributed by atoms with Crippen LogP contribution in [-0.2, 0) is 11.3 Å². The van der Waals surface area contributed by atoms with Gasteiger partial charge in [-0.2, -0.15) is 0 Å². The van der Waals surface area contributed by atoms with E-state index in [4.69, 9.17) is 14.2 Å². The van der Waals surface area contributed by atoms with Crippen molar-refractivity contribution in [1.29, 1.82) is 0 Å². The van der Waals surface area contributed by atoms with Crippen LogP contribution >= 0.6 is 0 Å². The predicted octanol–water partition coefficient (Wildman–Crippen LogP) is 2.85. The summed E-state index contributed by atoms with van der Waals surface area (Å²) in [5.41, 5.74) is 1.00. The molecular formula is C19H31NO4. The van der Waals surface area contributed by atoms with Gasteiger partial charge in [-0.25, -0.2) is 0 Å². The third-order valence-corrected chi connectivity index (χ3v) is 4.72. The molecular weight excluding hydrogens is 306 g/mol. The molecule has 2 rings (SSSR count). The van der Waals surface area contributed by atoms with Gasteiger partial charge >= 0.3 is 0 Å². The molecule has 5 nitrogen and oxygen atoms in total. The SMILES string of the molecule is COc1ccc(COCC(O)CN(C)C2CCCCC2)cc1OC. The molecule has 0 aliphatic heterocycles. The van der Waals surface area contributed by atoms with E-state index in [1.165, 1.54) is 32.1 Å². The first-order chi connectivity index (χ1) is 11.6. The van der Waals surface area contributed by atoms with E-state index in [0.717, 1.165) is 5.56 Å². The van der Waals surface area contributed by atoms with Crippen LogP contribution in [0.25, 0.3) is 0 Å². The van der Waals surface area contributed by atoms with Gasteiger partial charge in [0.15, 0.2) is 11.5 Å². The Labute approximate surface area is 145 Å². The minimum atomic E-state index is -0.461. The van der Waals surface area contributed by atoms with Crippen molar-refractivity contribution in [2.45, 2.75) is 50.9 Å². The summed E-state index contributed by atoms with van der Waals surface area (Å²) < 4.78 is 16.2. The fourth-order valence-corrected chi connectivity index (χ4v) is 3.34. The lowest BCUT2D eigenvalue weighted by Gasteiger charge is -2.32. The van der Waals surface area contributed by atoms with E-state index in [9.17, 15) is 5.11 Å². The first-order valence-electron chi connectivity index (χ1n) is 8.81. The summed E-state index contributed by atoms with van der Waals surface area (Å²) in [6, 6.07) is 6.32. The molecule has 1 fully saturated rings. The maximum Gasteiger partial charge on any atom is 0.161 e. The Hall–Kier alpha value is -1.30. The summed E-state index contributed by atoms with van der Waals surface area (Å²) in [5, 5.41) is 10.2. The van der Waals surface area contributed by atoms with Crippen molar-refractivity contribution in [2.75, 3.05) is 34.4 Å². The summed E-state index contributed by atoms with van der Waals surface area (Å²) in [6.45, 7) is 1.45. The molecule has 136 valence electrons. The third-order valence-electron chi connectivity index (χ3n) is 4.72. The Balaban J connectivity index is 1.72. The molecule has 0 bridgehead atoms. The monoisotopic (exact) mass is 337 g/mol. The highest BCUT2D eigenvalue weighted by molar-refractivity contribution is 5.42. The van der Waals surface area contributed by atoms with E-state index in [-0.39, 0.29) is 0 Å². The maximum absolute atomic E-state index is 10.2. The molecule has 0 heterocycles. The molecule has 1 atom stereocenters. The van der Waals surface area contributed by atoms with E-state index in [2.05, 4.69) is 11.9 Å². The van der Waals surface area contributed by atoms with Crippen LogP contribution in [0.4, 0.5) is 0 Å². The lowest BCUT2D eigenvalue weighted by molar-refractivity contribution is 0.00484. The minimum absolute atomic E-state index is 0.339. The third kappa shape index (κ3) is 5.65. The van der Waals surface area contributed by atoms with Crippen molar-refractivity contribution in [3.8, 4) is 11.5 Å². The fraction of sp³-hybridized carbons (Fsp3) is 0.684. The normalized spacial score (nSPS) is 17.0. The number of ether oxygens (including phenoxy) is 3. The van der Waals surface area contributed by atoms with Crippen molar-refractivity contribution in [2.24, 2.45) is 0 Å². The zero-order valence-electron chi connectivity index (χ0n) is 15.2. The molecule has 24 heavy (non-hydrogen) atoms. The second-order valence-corrected chi connectivity index (χ2v) is 6.59. The first-order valence-corrected chi connectivity index (χ1v) is 8.81. The van der Waals surface area contributed by atoms with Crippen molar-refractivity contribution in [3.63, 3.8) is 0 Å². The summed E-state index contributed by atoms with van der Waals surface area (Å²) in [7, 11) is 5.34. The van der Waals surface area contributed by atoms with Crippen molar-refractivity contribution < 1.29 is 19.3 Å². The van der Waals surface area contributed by atoms with Crippen molar-refractivity contribution in [1.82, 2.24) is 4.90 Å². The number of rotatable bonds is 9. The summed E-state index contributed by atoms with van der Waals surface area (Å²) in [6.07, 6.45) is 5.99. The van der Waals surface area contributed by atoms with Gasteiger partial charge in [0.05, 0.1) is 33.5 Å². The van der Waals surface area contributed by atoms with Gasteiger partial charge in [-0.1, -0.05) is 25.3 Å². The van der Waals surface area contributed by atoms with Crippen LogP contribution in [0.2, 0.25) is 0 Å². The van der Waals surface area contributed by atoms with Gasteiger partial charge in [0, 0.05) is 12.6 Å². The average Bonchev–Trinajstić information content (AvgIpc) is 2.62. The lowest BCUT2D eigenvalue weighted by Crippen LogP contribution is -2.40. The van der Waals surface area contributed by atoms with Crippen LogP contribution in [0.15, 0.2) is 18.2 Å². The Morgan fingerprint density at radius 3 is 2.50 bits per heavy atom. The Kier molecular flexibility index (Phi) is 7.82. The molecule has 1 aromatic carbocycles. The summed E-state index contributed by atoms with van der Waals surface area (Å²) in [4.78, 5) is 2.28. The number of hydrogen-bond acceptors (Lipinski definition) is 5. The maximum atomic E-state index is 10.2. The van der Waals surface area contributed by atoms with Crippen LogP contribution in [0.5, 0.6) is 11.5 Å². The van der Waals surface area contributed by atoms with Crippen molar-refractivity contribution in [3.05, 3.63) is 23.8 Å². The molecule has 1 aromatic rings. The average molecular weight is 337 g/mol. The fourth-order valence-electron chi connectivity index (χ4n) is 3.34. The lowest BCUT2D eigenvalue weighted by atomic mass is 9.94. The predicted molar refractivity (Wildman–Crippen MR) is 94.7 cm³/mol. The van der Waals surface area contributed by atoms with E-state index < -0.39 is 6.10 Å². The Morgan fingerprint density at radius 1 is 1.12 bits per heavy atom. The highest BCUT2D eigenvalue weighted by atomic mass is 16.5. The van der Waals surface area contributed by atoms with Gasteiger partial charge in [-0.15, -0.1) is 0 Å². The standard InChI is InChI=1S/C19H31NO4/c1-20(16-7-5-4-6-8-16)12-17(21)14-24-13-15-9-10-18(22-2)19(11-15)23-3/h9-11,16-17,21H,4-8,12-14H2,1-3H3. The van der Waals surface area contributed by atoms with Gasteiger partial charge in [0.1, 0.15) is 0 Å². The molecule has 0 amide bonds. The van der Waals surface area contributed by atoms with Gasteiger partial charge in [-0.05, 0) is 37.6 Å². The molecule has 1 aliphatic rings. The molecule has 1 N–H and O–H groups in total. The smallest absolute Gasteiger partial charge is 0.161 e. The van der Waals surface area contributed by atoms with Crippen LogP contribution < -0.4 is 9.47 Å². The molecule has 0 aromatic heterocycles. The zero-order valence-corrected chi connectivity index (χ0v) is 15.2. The molecule has 0 spiro atoms. The van der Waals surface area contributed by atoms with Crippen LogP contribution in [0, 0.1) is 0 Å². The van der Waals surface area contributed by atoms with E-state index in [1.807, 2.05) is 18.2 Å². The van der Waals surface area contributed by atoms with Gasteiger partial charge in [0.25, 0.3) is 0 Å². The molecule has 1 aliphatic carbocycles. The molecule has 0 saturated heterocycles. The van der Waals surface area contributed by atoms with E-state index >= 15 is 0 Å². The number of aliphatic hydroxyl groups is 1. The molecule has 1 saturated carbocycles. The van der Waals surface area contributed by atoms with E-state index in [1.54, 1.807) is 14.2 Å². The Morgan fingerprint density at radius 2 is 1.83 bits per heavy atom. The molecule has 0 radical (unpaired) electrons. The van der Waals surface area contributed by atoms with Gasteiger partial charge in [0.2, 0.25) is 0 Å². The van der Waals surface area contributed by atoms with Crippen LogP contribution in [0.1, 0.15) is 37.7 Å². The highest BCUT2D eigenvalue weighted by Gasteiger charge is 2.20. The first kappa shape index (κ1) is 19.0. The van der Waals surface area contributed by atoms with Gasteiger partial charge < -0.3 is 24.2 Å². The highest BCUT2D eigenvalue weighted by Crippen LogP contribution is 2.27. The number of aliphatic hydroxyl groups excluding tert-OH is 1. The topological polar surface area (TPSA) is 51.2 Å². The summed E-state index contributed by atoms with van der Waals surface area (Å²) >= 11 is 0. The number of benzene rings is 1. The second kappa shape index (κ2) is 9.87. The molecule has 5 heteroatoms. The zero-order chi connectivity index (χ0) is 17.4. The number of hydrogen-bond donors (Lipinski definition) is 1. The van der Waals surface area contributed by atoms with Crippen LogP contribution in [-0.4, -0.2) is 56.6 Å². The Bertz CT molecular complexity index is 488. The largest absolute Gasteiger partial charge is 0.493 e. The van der Waals surface area contributed by atoms with Crippen LogP contribution in [0.3, 0.4) is 0 Å².